The summed E-state index contributed by atoms with van der Waals surface area (Å²) >= 11 is 3.39. The van der Waals surface area contributed by atoms with Crippen molar-refractivity contribution in [1.29, 1.82) is 0 Å². The molecule has 0 spiro atoms. The maximum atomic E-state index is 13.1. The van der Waals surface area contributed by atoms with Crippen LogP contribution in [0, 0.1) is 0 Å². The van der Waals surface area contributed by atoms with Crippen molar-refractivity contribution in [2.24, 2.45) is 10.8 Å². The van der Waals surface area contributed by atoms with Gasteiger partial charge in [0, 0.05) is 21.6 Å². The molecule has 0 aliphatic carbocycles. The lowest BCUT2D eigenvalue weighted by atomic mass is 10.1. The largest absolute Gasteiger partial charge is 0.350 e. The molecule has 2 amide bonds. The number of hydrogen-bond donors (Lipinski definition) is 2. The lowest BCUT2D eigenvalue weighted by Crippen LogP contribution is -2.25. The van der Waals surface area contributed by atoms with Crippen LogP contribution in [0.25, 0.3) is 10.9 Å². The molecule has 3 aromatic rings. The van der Waals surface area contributed by atoms with Crippen molar-refractivity contribution in [1.82, 2.24) is 9.40 Å². The second kappa shape index (κ2) is 6.93. The zero-order chi connectivity index (χ0) is 18.9. The van der Waals surface area contributed by atoms with Crippen LogP contribution in [0.4, 0.5) is 4.79 Å². The number of hydrazone groups is 1. The summed E-state index contributed by atoms with van der Waals surface area (Å²) in [6.07, 6.45) is 1.49. The van der Waals surface area contributed by atoms with E-state index in [-0.39, 0.29) is 4.90 Å². The molecule has 7 nitrogen and oxygen atoms in total. The van der Waals surface area contributed by atoms with Crippen molar-refractivity contribution >= 4 is 48.6 Å². The fourth-order valence-electron chi connectivity index (χ4n) is 2.56. The minimum Gasteiger partial charge on any atom is -0.350 e. The highest BCUT2D eigenvalue weighted by Gasteiger charge is 2.22. The highest BCUT2D eigenvalue weighted by atomic mass is 79.9. The SMILES string of the molecule is C/C(=N/NC(N)=O)c1cn(S(=O)(=O)c2ccccc2)c2ccc(Br)cc12. The maximum absolute atomic E-state index is 13.1. The average molecular weight is 435 g/mol. The molecule has 3 rings (SSSR count). The van der Waals surface area contributed by atoms with E-state index in [4.69, 9.17) is 5.73 Å². The Morgan fingerprint density at radius 2 is 1.88 bits per heavy atom. The molecule has 134 valence electrons. The smallest absolute Gasteiger partial charge is 0.332 e. The zero-order valence-corrected chi connectivity index (χ0v) is 16.1. The lowest BCUT2D eigenvalue weighted by molar-refractivity contribution is 0.249. The first-order chi connectivity index (χ1) is 12.3. The standard InChI is InChI=1S/C17H15BrN4O3S/c1-11(20-21-17(19)23)15-10-22(16-8-7-12(18)9-14(15)16)26(24,25)13-5-3-2-4-6-13/h2-10H,1H3,(H3,19,21,23)/b20-11-. The summed E-state index contributed by atoms with van der Waals surface area (Å²) in [5.74, 6) is 0. The first-order valence-corrected chi connectivity index (χ1v) is 9.75. The molecule has 0 radical (unpaired) electrons. The first kappa shape index (κ1) is 18.2. The predicted molar refractivity (Wildman–Crippen MR) is 104 cm³/mol. The minimum atomic E-state index is -3.79. The van der Waals surface area contributed by atoms with Gasteiger partial charge < -0.3 is 5.73 Å². The maximum Gasteiger partial charge on any atom is 0.332 e. The van der Waals surface area contributed by atoms with Crippen molar-refractivity contribution in [2.45, 2.75) is 11.8 Å². The van der Waals surface area contributed by atoms with Crippen LogP contribution >= 0.6 is 15.9 Å². The number of carbonyl (C=O) groups excluding carboxylic acids is 1. The van der Waals surface area contributed by atoms with Crippen molar-refractivity contribution in [3.8, 4) is 0 Å². The molecule has 0 bridgehead atoms. The molecule has 26 heavy (non-hydrogen) atoms. The molecule has 0 aliphatic rings. The number of hydrogen-bond acceptors (Lipinski definition) is 4. The van der Waals surface area contributed by atoms with Gasteiger partial charge in [-0.15, -0.1) is 0 Å². The Labute approximate surface area is 158 Å². The van der Waals surface area contributed by atoms with Gasteiger partial charge in [-0.1, -0.05) is 34.1 Å². The number of nitrogens with one attached hydrogen (secondary N) is 1. The topological polar surface area (TPSA) is 107 Å². The van der Waals surface area contributed by atoms with Gasteiger partial charge in [0.2, 0.25) is 0 Å². The lowest BCUT2D eigenvalue weighted by Gasteiger charge is -2.07. The number of nitrogens with two attached hydrogens (primary N) is 1. The second-order valence-electron chi connectivity index (χ2n) is 5.49. The van der Waals surface area contributed by atoms with Crippen LogP contribution in [0.15, 0.2) is 69.2 Å². The molecule has 1 heterocycles. The molecule has 0 saturated carbocycles. The third-order valence-corrected chi connectivity index (χ3v) is 5.94. The van der Waals surface area contributed by atoms with Crippen LogP contribution in [0.3, 0.4) is 0 Å². The van der Waals surface area contributed by atoms with Crippen molar-refractivity contribution in [3.05, 3.63) is 64.8 Å². The Morgan fingerprint density at radius 1 is 1.19 bits per heavy atom. The number of primary amides is 1. The normalized spacial score (nSPS) is 12.3. The molecule has 0 saturated heterocycles. The van der Waals surface area contributed by atoms with Crippen LogP contribution in [0.5, 0.6) is 0 Å². The highest BCUT2D eigenvalue weighted by Crippen LogP contribution is 2.29. The van der Waals surface area contributed by atoms with E-state index in [0.717, 1.165) is 4.47 Å². The Morgan fingerprint density at radius 3 is 2.54 bits per heavy atom. The van der Waals surface area contributed by atoms with Gasteiger partial charge in [-0.2, -0.15) is 5.10 Å². The molecule has 2 aromatic carbocycles. The Hall–Kier alpha value is -2.65. The van der Waals surface area contributed by atoms with E-state index in [1.165, 1.54) is 22.3 Å². The number of amides is 2. The second-order valence-corrected chi connectivity index (χ2v) is 8.22. The fraction of sp³-hybridized carbons (Fsp3) is 0.0588. The van der Waals surface area contributed by atoms with Gasteiger partial charge in [-0.3, -0.25) is 0 Å². The monoisotopic (exact) mass is 434 g/mol. The number of halogens is 1. The molecule has 0 fully saturated rings. The van der Waals surface area contributed by atoms with Crippen LogP contribution < -0.4 is 11.2 Å². The van der Waals surface area contributed by atoms with E-state index in [0.29, 0.717) is 22.2 Å². The van der Waals surface area contributed by atoms with Crippen molar-refractivity contribution in [2.75, 3.05) is 0 Å². The zero-order valence-electron chi connectivity index (χ0n) is 13.7. The minimum absolute atomic E-state index is 0.177. The summed E-state index contributed by atoms with van der Waals surface area (Å²) in [7, 11) is -3.79. The van der Waals surface area contributed by atoms with E-state index in [1.807, 2.05) is 0 Å². The summed E-state index contributed by atoms with van der Waals surface area (Å²) in [6, 6.07) is 12.6. The number of urea groups is 1. The summed E-state index contributed by atoms with van der Waals surface area (Å²) in [5, 5.41) is 4.58. The average Bonchev–Trinajstić information content (AvgIpc) is 3.00. The number of carbonyl (C=O) groups is 1. The third-order valence-electron chi connectivity index (χ3n) is 3.76. The summed E-state index contributed by atoms with van der Waals surface area (Å²) in [6.45, 7) is 1.66. The molecule has 0 atom stereocenters. The Balaban J connectivity index is 2.25. The van der Waals surface area contributed by atoms with E-state index in [2.05, 4.69) is 26.5 Å². The molecule has 9 heteroatoms. The van der Waals surface area contributed by atoms with E-state index >= 15 is 0 Å². The number of fused-ring (bicyclic) bond motifs is 1. The quantitative estimate of drug-likeness (QED) is 0.486. The summed E-state index contributed by atoms with van der Waals surface area (Å²) < 4.78 is 28.1. The van der Waals surface area contributed by atoms with Crippen molar-refractivity contribution < 1.29 is 13.2 Å². The van der Waals surface area contributed by atoms with E-state index in [1.54, 1.807) is 43.3 Å². The van der Waals surface area contributed by atoms with Gasteiger partial charge in [-0.25, -0.2) is 22.6 Å². The molecule has 0 aliphatic heterocycles. The molecule has 0 unspecified atom stereocenters. The molecular formula is C17H15BrN4O3S. The van der Waals surface area contributed by atoms with Gasteiger partial charge in [0.15, 0.2) is 0 Å². The molecule has 1 aromatic heterocycles. The van der Waals surface area contributed by atoms with Gasteiger partial charge >= 0.3 is 6.03 Å². The van der Waals surface area contributed by atoms with Gasteiger partial charge in [-0.05, 0) is 37.3 Å². The van der Waals surface area contributed by atoms with Crippen LogP contribution in [-0.2, 0) is 10.0 Å². The number of nitrogens with zero attached hydrogens (tertiary/aromatic N) is 2. The Kier molecular flexibility index (Phi) is 4.84. The van der Waals surface area contributed by atoms with Crippen LogP contribution in [0.2, 0.25) is 0 Å². The van der Waals surface area contributed by atoms with Gasteiger partial charge in [0.25, 0.3) is 10.0 Å². The van der Waals surface area contributed by atoms with Crippen LogP contribution in [0.1, 0.15) is 12.5 Å². The van der Waals surface area contributed by atoms with Gasteiger partial charge in [0.1, 0.15) is 0 Å². The molecule has 3 N–H and O–H groups in total. The number of aromatic nitrogens is 1. The number of benzene rings is 2. The third kappa shape index (κ3) is 3.35. The Bertz CT molecular complexity index is 1120. The summed E-state index contributed by atoms with van der Waals surface area (Å²) in [5.41, 5.74) is 8.69. The predicted octanol–water partition coefficient (Wildman–Crippen LogP) is 3.03. The van der Waals surface area contributed by atoms with E-state index < -0.39 is 16.1 Å². The highest BCUT2D eigenvalue weighted by molar-refractivity contribution is 9.10. The molecular weight excluding hydrogens is 420 g/mol. The van der Waals surface area contributed by atoms with Gasteiger partial charge in [0.05, 0.1) is 16.1 Å². The number of rotatable bonds is 4. The van der Waals surface area contributed by atoms with Crippen molar-refractivity contribution in [3.63, 3.8) is 0 Å². The first-order valence-electron chi connectivity index (χ1n) is 7.52. The fourth-order valence-corrected chi connectivity index (χ4v) is 4.32. The van der Waals surface area contributed by atoms with Crippen LogP contribution in [-0.4, -0.2) is 24.1 Å². The van der Waals surface area contributed by atoms with E-state index in [9.17, 15) is 13.2 Å². The summed E-state index contributed by atoms with van der Waals surface area (Å²) in [4.78, 5) is 11.1.